The van der Waals surface area contributed by atoms with E-state index in [0.29, 0.717) is 25.3 Å². The summed E-state index contributed by atoms with van der Waals surface area (Å²) >= 11 is 0. The molecule has 1 aromatic carbocycles. The molecule has 108 valence electrons. The first-order valence-corrected chi connectivity index (χ1v) is 7.89. The van der Waals surface area contributed by atoms with Crippen LogP contribution in [0.5, 0.6) is 0 Å². The molecule has 1 atom stereocenters. The van der Waals surface area contributed by atoms with Gasteiger partial charge >= 0.3 is 0 Å². The van der Waals surface area contributed by atoms with Crippen molar-refractivity contribution < 1.29 is 13.2 Å². The Morgan fingerprint density at radius 1 is 1.45 bits per heavy atom. The molecule has 1 unspecified atom stereocenters. The van der Waals surface area contributed by atoms with E-state index in [1.54, 1.807) is 24.3 Å². The summed E-state index contributed by atoms with van der Waals surface area (Å²) in [5, 5.41) is 0. The normalized spacial score (nSPS) is 20.2. The van der Waals surface area contributed by atoms with Gasteiger partial charge in [0.15, 0.2) is 0 Å². The molecule has 1 aliphatic rings. The van der Waals surface area contributed by atoms with Crippen molar-refractivity contribution in [2.24, 2.45) is 5.73 Å². The average Bonchev–Trinajstić information content (AvgIpc) is 2.45. The molecule has 0 aromatic heterocycles. The lowest BCUT2D eigenvalue weighted by Crippen LogP contribution is -2.44. The molecule has 1 aromatic rings. The molecule has 0 spiro atoms. The van der Waals surface area contributed by atoms with Crippen molar-refractivity contribution in [1.82, 2.24) is 4.31 Å². The minimum Gasteiger partial charge on any atom is -0.376 e. The molecule has 0 aliphatic carbocycles. The molecule has 0 amide bonds. The SMILES string of the molecule is CC1CN(S(=O)(=O)c2ccccc2C#CCN)CCO1. The van der Waals surface area contributed by atoms with E-state index >= 15 is 0 Å². The standard InChI is InChI=1S/C14H18N2O3S/c1-12-11-16(9-10-19-12)20(17,18)14-7-3-2-5-13(14)6-4-8-15/h2-3,5,7,12H,8-11,15H2,1H3. The van der Waals surface area contributed by atoms with Gasteiger partial charge in [0.1, 0.15) is 0 Å². The Kier molecular flexibility index (Phi) is 4.78. The van der Waals surface area contributed by atoms with E-state index in [0.717, 1.165) is 0 Å². The Bertz CT molecular complexity index is 631. The summed E-state index contributed by atoms with van der Waals surface area (Å²) in [6.45, 7) is 3.20. The summed E-state index contributed by atoms with van der Waals surface area (Å²) < 4.78 is 32.2. The number of ether oxygens (including phenoxy) is 1. The summed E-state index contributed by atoms with van der Waals surface area (Å²) in [5.41, 5.74) is 5.83. The van der Waals surface area contributed by atoms with Crippen molar-refractivity contribution in [3.63, 3.8) is 0 Å². The Labute approximate surface area is 119 Å². The van der Waals surface area contributed by atoms with Gasteiger partial charge in [-0.1, -0.05) is 24.0 Å². The maximum absolute atomic E-state index is 12.7. The Morgan fingerprint density at radius 3 is 2.90 bits per heavy atom. The molecule has 2 N–H and O–H groups in total. The minimum atomic E-state index is -3.55. The van der Waals surface area contributed by atoms with Crippen LogP contribution in [0.1, 0.15) is 12.5 Å². The van der Waals surface area contributed by atoms with Crippen LogP contribution >= 0.6 is 0 Å². The fraction of sp³-hybridized carbons (Fsp3) is 0.429. The van der Waals surface area contributed by atoms with Gasteiger partial charge in [0, 0.05) is 18.7 Å². The van der Waals surface area contributed by atoms with Crippen LogP contribution in [0.3, 0.4) is 0 Å². The number of nitrogens with two attached hydrogens (primary N) is 1. The molecule has 1 saturated heterocycles. The van der Waals surface area contributed by atoms with Gasteiger partial charge in [0.2, 0.25) is 10.0 Å². The monoisotopic (exact) mass is 294 g/mol. The van der Waals surface area contributed by atoms with E-state index in [1.165, 1.54) is 4.31 Å². The summed E-state index contributed by atoms with van der Waals surface area (Å²) in [7, 11) is -3.55. The predicted octanol–water partition coefficient (Wildman–Crippen LogP) is 0.406. The van der Waals surface area contributed by atoms with Gasteiger partial charge in [0.05, 0.1) is 24.2 Å². The second-order valence-electron chi connectivity index (χ2n) is 4.55. The smallest absolute Gasteiger partial charge is 0.244 e. The molecular formula is C14H18N2O3S. The number of sulfonamides is 1. The van der Waals surface area contributed by atoms with Crippen molar-refractivity contribution in [2.75, 3.05) is 26.2 Å². The Morgan fingerprint density at radius 2 is 2.20 bits per heavy atom. The molecular weight excluding hydrogens is 276 g/mol. The first-order chi connectivity index (χ1) is 9.55. The second-order valence-corrected chi connectivity index (χ2v) is 6.45. The van der Waals surface area contributed by atoms with Crippen LogP contribution in [0, 0.1) is 11.8 Å². The third kappa shape index (κ3) is 3.19. The molecule has 0 bridgehead atoms. The molecule has 0 radical (unpaired) electrons. The first kappa shape index (κ1) is 15.0. The summed E-state index contributed by atoms with van der Waals surface area (Å²) in [4.78, 5) is 0.232. The Balaban J connectivity index is 2.39. The highest BCUT2D eigenvalue weighted by Crippen LogP contribution is 2.21. The van der Waals surface area contributed by atoms with Crippen molar-refractivity contribution in [2.45, 2.75) is 17.9 Å². The Hall–Kier alpha value is -1.39. The zero-order valence-electron chi connectivity index (χ0n) is 11.4. The maximum Gasteiger partial charge on any atom is 0.244 e. The number of rotatable bonds is 2. The maximum atomic E-state index is 12.7. The highest BCUT2D eigenvalue weighted by atomic mass is 32.2. The van der Waals surface area contributed by atoms with Crippen LogP contribution in [0.4, 0.5) is 0 Å². The van der Waals surface area contributed by atoms with Gasteiger partial charge in [-0.15, -0.1) is 0 Å². The second kappa shape index (κ2) is 6.37. The van der Waals surface area contributed by atoms with Crippen LogP contribution in [-0.4, -0.2) is 45.1 Å². The van der Waals surface area contributed by atoms with E-state index in [9.17, 15) is 8.42 Å². The number of nitrogens with zero attached hydrogens (tertiary/aromatic N) is 1. The lowest BCUT2D eigenvalue weighted by molar-refractivity contribution is 0.0102. The van der Waals surface area contributed by atoms with Crippen molar-refractivity contribution in [3.05, 3.63) is 29.8 Å². The van der Waals surface area contributed by atoms with Crippen molar-refractivity contribution in [1.29, 1.82) is 0 Å². The van der Waals surface area contributed by atoms with Crippen LogP contribution in [0.25, 0.3) is 0 Å². The van der Waals surface area contributed by atoms with Gasteiger partial charge in [-0.25, -0.2) is 8.42 Å². The van der Waals surface area contributed by atoms with E-state index in [1.807, 2.05) is 6.92 Å². The lowest BCUT2D eigenvalue weighted by Gasteiger charge is -2.30. The number of benzene rings is 1. The van der Waals surface area contributed by atoms with E-state index < -0.39 is 10.0 Å². The highest BCUT2D eigenvalue weighted by Gasteiger charge is 2.30. The van der Waals surface area contributed by atoms with E-state index in [4.69, 9.17) is 10.5 Å². The summed E-state index contributed by atoms with van der Waals surface area (Å²) in [6.07, 6.45) is -0.0965. The summed E-state index contributed by atoms with van der Waals surface area (Å²) in [6, 6.07) is 6.74. The third-order valence-corrected chi connectivity index (χ3v) is 4.96. The highest BCUT2D eigenvalue weighted by molar-refractivity contribution is 7.89. The van der Waals surface area contributed by atoms with Crippen LogP contribution in [-0.2, 0) is 14.8 Å². The predicted molar refractivity (Wildman–Crippen MR) is 76.5 cm³/mol. The first-order valence-electron chi connectivity index (χ1n) is 6.45. The van der Waals surface area contributed by atoms with Crippen LogP contribution in [0.15, 0.2) is 29.2 Å². The molecule has 1 fully saturated rings. The largest absolute Gasteiger partial charge is 0.376 e. The number of hydrogen-bond acceptors (Lipinski definition) is 4. The molecule has 5 nitrogen and oxygen atoms in total. The number of hydrogen-bond donors (Lipinski definition) is 1. The average molecular weight is 294 g/mol. The molecule has 1 heterocycles. The summed E-state index contributed by atoms with van der Waals surface area (Å²) in [5.74, 6) is 5.52. The van der Waals surface area contributed by atoms with Gasteiger partial charge in [-0.3, -0.25) is 0 Å². The zero-order chi connectivity index (χ0) is 14.6. The fourth-order valence-corrected chi connectivity index (χ4v) is 3.73. The quantitative estimate of drug-likeness (QED) is 0.802. The fourth-order valence-electron chi connectivity index (χ4n) is 2.08. The molecule has 1 aliphatic heterocycles. The van der Waals surface area contributed by atoms with Gasteiger partial charge in [-0.2, -0.15) is 4.31 Å². The molecule has 0 saturated carbocycles. The van der Waals surface area contributed by atoms with Crippen molar-refractivity contribution in [3.8, 4) is 11.8 Å². The van der Waals surface area contributed by atoms with Crippen LogP contribution in [0.2, 0.25) is 0 Å². The third-order valence-electron chi connectivity index (χ3n) is 3.03. The van der Waals surface area contributed by atoms with E-state index in [-0.39, 0.29) is 17.5 Å². The topological polar surface area (TPSA) is 72.6 Å². The molecule has 6 heteroatoms. The minimum absolute atomic E-state index is 0.0965. The molecule has 2 rings (SSSR count). The van der Waals surface area contributed by atoms with Crippen LogP contribution < -0.4 is 5.73 Å². The lowest BCUT2D eigenvalue weighted by atomic mass is 10.2. The van der Waals surface area contributed by atoms with Gasteiger partial charge in [-0.05, 0) is 19.1 Å². The molecule has 20 heavy (non-hydrogen) atoms. The van der Waals surface area contributed by atoms with Gasteiger partial charge in [0.25, 0.3) is 0 Å². The van der Waals surface area contributed by atoms with Crippen molar-refractivity contribution >= 4 is 10.0 Å². The van der Waals surface area contributed by atoms with E-state index in [2.05, 4.69) is 11.8 Å². The number of morpholine rings is 1. The zero-order valence-corrected chi connectivity index (χ0v) is 12.2. The van der Waals surface area contributed by atoms with Gasteiger partial charge < -0.3 is 10.5 Å².